The Hall–Kier alpha value is -3.88. The van der Waals surface area contributed by atoms with Gasteiger partial charge in [-0.25, -0.2) is 9.97 Å². The molecular formula is C23H24N6O3. The minimum Gasteiger partial charge on any atom is -0.497 e. The summed E-state index contributed by atoms with van der Waals surface area (Å²) >= 11 is 0. The second-order valence-corrected chi connectivity index (χ2v) is 7.78. The first kappa shape index (κ1) is 20.0. The third-order valence-corrected chi connectivity index (χ3v) is 5.70. The van der Waals surface area contributed by atoms with Gasteiger partial charge in [0.2, 0.25) is 5.78 Å². The predicted octanol–water partition coefficient (Wildman–Crippen LogP) is 2.71. The van der Waals surface area contributed by atoms with Crippen LogP contribution >= 0.6 is 0 Å². The van der Waals surface area contributed by atoms with Crippen LogP contribution in [0.3, 0.4) is 0 Å². The number of H-pyrrole nitrogens is 1. The van der Waals surface area contributed by atoms with Crippen LogP contribution in [0.25, 0.3) is 5.78 Å². The molecule has 1 fully saturated rings. The zero-order valence-corrected chi connectivity index (χ0v) is 17.8. The molecule has 4 aromatic rings. The van der Waals surface area contributed by atoms with E-state index in [1.807, 2.05) is 41.4 Å². The standard InChI is InChI=1S/C23H24N6O3/c1-31-18-3-5-19(6-4-18)32-12-8-17-13-20(27-26-17)16-7-11-28(14-16)22(30)21-15-29-10-2-9-24-23(29)25-21/h2-6,9-10,13,15-16H,7-8,11-12,14H2,1H3,(H,26,27)/t16-/m1/s1. The minimum absolute atomic E-state index is 0.0679. The topological polar surface area (TPSA) is 97.6 Å². The molecule has 9 heteroatoms. The Labute approximate surface area is 185 Å². The Bertz CT molecular complexity index is 1180. The molecule has 0 unspecified atom stereocenters. The van der Waals surface area contributed by atoms with Gasteiger partial charge in [-0.2, -0.15) is 5.10 Å². The van der Waals surface area contributed by atoms with E-state index in [9.17, 15) is 4.79 Å². The number of likely N-dealkylation sites (tertiary alicyclic amines) is 1. The Morgan fingerprint density at radius 1 is 1.25 bits per heavy atom. The van der Waals surface area contributed by atoms with Gasteiger partial charge in [0.05, 0.1) is 19.4 Å². The van der Waals surface area contributed by atoms with Crippen molar-refractivity contribution >= 4 is 11.7 Å². The lowest BCUT2D eigenvalue weighted by Crippen LogP contribution is -2.28. The fourth-order valence-electron chi connectivity index (χ4n) is 3.95. The number of methoxy groups -OCH3 is 1. The number of carbonyl (C=O) groups excluding carboxylic acids is 1. The number of nitrogens with one attached hydrogen (secondary N) is 1. The van der Waals surface area contributed by atoms with Gasteiger partial charge in [0.1, 0.15) is 17.2 Å². The first-order valence-electron chi connectivity index (χ1n) is 10.6. The van der Waals surface area contributed by atoms with Crippen molar-refractivity contribution < 1.29 is 14.3 Å². The zero-order valence-electron chi connectivity index (χ0n) is 17.8. The van der Waals surface area contributed by atoms with E-state index in [-0.39, 0.29) is 11.8 Å². The molecule has 3 aromatic heterocycles. The largest absolute Gasteiger partial charge is 0.497 e. The van der Waals surface area contributed by atoms with Gasteiger partial charge in [0, 0.05) is 49.7 Å². The predicted molar refractivity (Wildman–Crippen MR) is 117 cm³/mol. The lowest BCUT2D eigenvalue weighted by Gasteiger charge is -2.14. The Balaban J connectivity index is 1.15. The highest BCUT2D eigenvalue weighted by molar-refractivity contribution is 5.93. The van der Waals surface area contributed by atoms with Gasteiger partial charge in [-0.15, -0.1) is 0 Å². The number of carbonyl (C=O) groups is 1. The van der Waals surface area contributed by atoms with Crippen LogP contribution in [0.1, 0.15) is 34.2 Å². The number of hydrogen-bond acceptors (Lipinski definition) is 6. The summed E-state index contributed by atoms with van der Waals surface area (Å²) in [6.07, 6.45) is 6.84. The molecule has 0 aliphatic carbocycles. The van der Waals surface area contributed by atoms with Gasteiger partial charge in [-0.3, -0.25) is 14.3 Å². The van der Waals surface area contributed by atoms with Crippen molar-refractivity contribution in [2.75, 3.05) is 26.8 Å². The van der Waals surface area contributed by atoms with Crippen LogP contribution in [0.4, 0.5) is 0 Å². The lowest BCUT2D eigenvalue weighted by atomic mass is 10.0. The van der Waals surface area contributed by atoms with E-state index in [2.05, 4.69) is 26.2 Å². The van der Waals surface area contributed by atoms with Crippen LogP contribution < -0.4 is 9.47 Å². The molecule has 9 nitrogen and oxygen atoms in total. The molecule has 5 rings (SSSR count). The van der Waals surface area contributed by atoms with Crippen LogP contribution in [-0.2, 0) is 6.42 Å². The van der Waals surface area contributed by atoms with Crippen LogP contribution in [0.15, 0.2) is 55.0 Å². The number of ether oxygens (including phenoxy) is 2. The summed E-state index contributed by atoms with van der Waals surface area (Å²) in [7, 11) is 1.64. The van der Waals surface area contributed by atoms with Crippen molar-refractivity contribution in [3.8, 4) is 11.5 Å². The number of rotatable bonds is 7. The highest BCUT2D eigenvalue weighted by atomic mass is 16.5. The fourth-order valence-corrected chi connectivity index (χ4v) is 3.95. The van der Waals surface area contributed by atoms with E-state index in [0.717, 1.165) is 35.7 Å². The number of aromatic amines is 1. The monoisotopic (exact) mass is 432 g/mol. The van der Waals surface area contributed by atoms with Crippen LogP contribution in [0.2, 0.25) is 0 Å². The molecule has 0 saturated carbocycles. The smallest absolute Gasteiger partial charge is 0.274 e. The summed E-state index contributed by atoms with van der Waals surface area (Å²) in [6, 6.07) is 11.4. The maximum Gasteiger partial charge on any atom is 0.274 e. The van der Waals surface area contributed by atoms with Crippen molar-refractivity contribution in [2.45, 2.75) is 18.8 Å². The van der Waals surface area contributed by atoms with Gasteiger partial charge in [-0.1, -0.05) is 0 Å². The van der Waals surface area contributed by atoms with E-state index < -0.39 is 0 Å². The first-order chi connectivity index (χ1) is 15.7. The quantitative estimate of drug-likeness (QED) is 0.482. The summed E-state index contributed by atoms with van der Waals surface area (Å²) in [4.78, 5) is 23.2. The molecule has 1 N–H and O–H groups in total. The molecule has 0 radical (unpaired) electrons. The number of aromatic nitrogens is 5. The molecule has 4 heterocycles. The third kappa shape index (κ3) is 4.14. The Kier molecular flexibility index (Phi) is 5.45. The Morgan fingerprint density at radius 2 is 2.09 bits per heavy atom. The molecule has 1 aliphatic heterocycles. The third-order valence-electron chi connectivity index (χ3n) is 5.70. The molecule has 1 aromatic carbocycles. The number of nitrogens with zero attached hydrogens (tertiary/aromatic N) is 5. The average Bonchev–Trinajstić information content (AvgIpc) is 3.58. The lowest BCUT2D eigenvalue weighted by molar-refractivity contribution is 0.0785. The molecule has 1 amide bonds. The van der Waals surface area contributed by atoms with Crippen LogP contribution in [0.5, 0.6) is 11.5 Å². The normalized spacial score (nSPS) is 15.9. The highest BCUT2D eigenvalue weighted by Crippen LogP contribution is 2.27. The second kappa shape index (κ2) is 8.70. The molecule has 0 spiro atoms. The molecule has 1 atom stereocenters. The maximum absolute atomic E-state index is 12.9. The van der Waals surface area contributed by atoms with Gasteiger partial charge in [0.15, 0.2) is 0 Å². The molecule has 164 valence electrons. The highest BCUT2D eigenvalue weighted by Gasteiger charge is 2.30. The number of benzene rings is 1. The molecule has 1 aliphatic rings. The summed E-state index contributed by atoms with van der Waals surface area (Å²) in [6.45, 7) is 1.87. The second-order valence-electron chi connectivity index (χ2n) is 7.78. The summed E-state index contributed by atoms with van der Waals surface area (Å²) < 4.78 is 12.7. The van der Waals surface area contributed by atoms with Crippen molar-refractivity contribution in [2.24, 2.45) is 0 Å². The summed E-state index contributed by atoms with van der Waals surface area (Å²) in [5.41, 5.74) is 2.42. The van der Waals surface area contributed by atoms with Gasteiger partial charge in [-0.05, 0) is 42.8 Å². The van der Waals surface area contributed by atoms with Crippen molar-refractivity contribution in [3.05, 3.63) is 72.1 Å². The van der Waals surface area contributed by atoms with E-state index in [1.54, 1.807) is 23.9 Å². The number of hydrogen-bond donors (Lipinski definition) is 1. The SMILES string of the molecule is COc1ccc(OCCc2cc([C@@H]3CCN(C(=O)c4cn5cccnc5n4)C3)n[nH]2)cc1. The fraction of sp³-hybridized carbons (Fsp3) is 0.304. The summed E-state index contributed by atoms with van der Waals surface area (Å²) in [5, 5.41) is 7.59. The summed E-state index contributed by atoms with van der Waals surface area (Å²) in [5.74, 6) is 2.28. The number of imidazole rings is 1. The molecular weight excluding hydrogens is 408 g/mol. The van der Waals surface area contributed by atoms with E-state index in [1.165, 1.54) is 0 Å². The van der Waals surface area contributed by atoms with Crippen molar-refractivity contribution in [1.29, 1.82) is 0 Å². The molecule has 1 saturated heterocycles. The van der Waals surface area contributed by atoms with Crippen LogP contribution in [0, 0.1) is 0 Å². The molecule has 32 heavy (non-hydrogen) atoms. The van der Waals surface area contributed by atoms with Gasteiger partial charge >= 0.3 is 0 Å². The minimum atomic E-state index is -0.0679. The average molecular weight is 432 g/mol. The van der Waals surface area contributed by atoms with Gasteiger partial charge in [0.25, 0.3) is 5.91 Å². The maximum atomic E-state index is 12.9. The van der Waals surface area contributed by atoms with Crippen molar-refractivity contribution in [1.82, 2.24) is 29.5 Å². The Morgan fingerprint density at radius 3 is 2.91 bits per heavy atom. The van der Waals surface area contributed by atoms with Crippen LogP contribution in [-0.4, -0.2) is 62.2 Å². The van der Waals surface area contributed by atoms with Gasteiger partial charge < -0.3 is 14.4 Å². The number of fused-ring (bicyclic) bond motifs is 1. The van der Waals surface area contributed by atoms with Crippen molar-refractivity contribution in [3.63, 3.8) is 0 Å². The molecule has 0 bridgehead atoms. The number of amides is 1. The van der Waals surface area contributed by atoms with E-state index in [4.69, 9.17) is 9.47 Å². The first-order valence-corrected chi connectivity index (χ1v) is 10.6. The van der Waals surface area contributed by atoms with E-state index >= 15 is 0 Å². The zero-order chi connectivity index (χ0) is 21.9. The van der Waals surface area contributed by atoms with E-state index in [0.29, 0.717) is 31.2 Å².